The van der Waals surface area contributed by atoms with Crippen molar-refractivity contribution in [1.82, 2.24) is 10.2 Å². The Labute approximate surface area is 62.3 Å². The maximum absolute atomic E-state index is 5.49. The number of nitrogens with zero attached hydrogens (tertiary/aromatic N) is 1. The molecule has 1 heterocycles. The lowest BCUT2D eigenvalue weighted by atomic mass is 10.4. The molecule has 1 unspecified atom stereocenters. The van der Waals surface area contributed by atoms with Crippen molar-refractivity contribution in [1.29, 1.82) is 0 Å². The second-order valence-electron chi connectivity index (χ2n) is 2.60. The Balaban J connectivity index is 2.24. The predicted molar refractivity (Wildman–Crippen MR) is 40.9 cm³/mol. The molecule has 10 heavy (non-hydrogen) atoms. The summed E-state index contributed by atoms with van der Waals surface area (Å²) in [6, 6.07) is 0. The second-order valence-corrected chi connectivity index (χ2v) is 2.60. The van der Waals surface area contributed by atoms with Crippen LogP contribution in [0.3, 0.4) is 0 Å². The van der Waals surface area contributed by atoms with Gasteiger partial charge < -0.3 is 10.1 Å². The summed E-state index contributed by atoms with van der Waals surface area (Å²) in [5, 5.41) is 3.28. The normalized spacial score (nSPS) is 27.3. The Morgan fingerprint density at radius 2 is 2.50 bits per heavy atom. The van der Waals surface area contributed by atoms with E-state index in [1.807, 2.05) is 0 Å². The van der Waals surface area contributed by atoms with Crippen LogP contribution in [0.15, 0.2) is 0 Å². The van der Waals surface area contributed by atoms with Crippen molar-refractivity contribution >= 4 is 0 Å². The van der Waals surface area contributed by atoms with E-state index in [-0.39, 0.29) is 0 Å². The third-order valence-corrected chi connectivity index (χ3v) is 1.90. The minimum absolute atomic E-state index is 0.291. The first-order valence-corrected chi connectivity index (χ1v) is 3.87. The number of ether oxygens (including phenoxy) is 1. The van der Waals surface area contributed by atoms with E-state index in [1.165, 1.54) is 0 Å². The fourth-order valence-electron chi connectivity index (χ4n) is 1.04. The van der Waals surface area contributed by atoms with Gasteiger partial charge >= 0.3 is 0 Å². The smallest absolute Gasteiger partial charge is 0.122 e. The summed E-state index contributed by atoms with van der Waals surface area (Å²) in [5.74, 6) is 0. The van der Waals surface area contributed by atoms with Gasteiger partial charge in [0.05, 0.1) is 6.61 Å². The zero-order valence-electron chi connectivity index (χ0n) is 6.76. The van der Waals surface area contributed by atoms with Crippen molar-refractivity contribution in [2.45, 2.75) is 13.2 Å². The average Bonchev–Trinajstić information content (AvgIpc) is 2.05. The third kappa shape index (κ3) is 1.94. The van der Waals surface area contributed by atoms with E-state index >= 15 is 0 Å². The van der Waals surface area contributed by atoms with Crippen molar-refractivity contribution in [2.24, 2.45) is 0 Å². The van der Waals surface area contributed by atoms with E-state index in [0.717, 1.165) is 26.2 Å². The van der Waals surface area contributed by atoms with Crippen molar-refractivity contribution in [2.75, 3.05) is 33.3 Å². The molecule has 1 saturated heterocycles. The zero-order valence-corrected chi connectivity index (χ0v) is 6.76. The van der Waals surface area contributed by atoms with Crippen molar-refractivity contribution in [3.63, 3.8) is 0 Å². The van der Waals surface area contributed by atoms with Crippen molar-refractivity contribution in [3.8, 4) is 0 Å². The van der Waals surface area contributed by atoms with E-state index in [9.17, 15) is 0 Å². The Hall–Kier alpha value is -0.120. The SMILES string of the molecule is CCN(C)C1CNCCO1. The molecule has 1 fully saturated rings. The van der Waals surface area contributed by atoms with Crippen molar-refractivity contribution in [3.05, 3.63) is 0 Å². The zero-order chi connectivity index (χ0) is 7.40. The van der Waals surface area contributed by atoms with E-state index in [1.54, 1.807) is 0 Å². The average molecular weight is 144 g/mol. The molecule has 1 atom stereocenters. The van der Waals surface area contributed by atoms with Crippen LogP contribution in [-0.2, 0) is 4.74 Å². The van der Waals surface area contributed by atoms with Gasteiger partial charge in [-0.1, -0.05) is 6.92 Å². The Morgan fingerprint density at radius 1 is 1.70 bits per heavy atom. The van der Waals surface area contributed by atoms with Crippen molar-refractivity contribution < 1.29 is 4.74 Å². The molecule has 60 valence electrons. The molecule has 1 rings (SSSR count). The minimum Gasteiger partial charge on any atom is -0.360 e. The Kier molecular flexibility index (Phi) is 3.12. The van der Waals surface area contributed by atoms with E-state index in [2.05, 4.69) is 24.2 Å². The fraction of sp³-hybridized carbons (Fsp3) is 1.00. The molecule has 3 heteroatoms. The number of nitrogens with one attached hydrogen (secondary N) is 1. The third-order valence-electron chi connectivity index (χ3n) is 1.90. The summed E-state index contributed by atoms with van der Waals surface area (Å²) in [6.07, 6.45) is 0.291. The van der Waals surface area contributed by atoms with Gasteiger partial charge in [-0.25, -0.2) is 0 Å². The van der Waals surface area contributed by atoms with Gasteiger partial charge in [-0.3, -0.25) is 4.90 Å². The summed E-state index contributed by atoms with van der Waals surface area (Å²) in [5.41, 5.74) is 0. The van der Waals surface area contributed by atoms with Crippen LogP contribution in [-0.4, -0.2) is 44.4 Å². The van der Waals surface area contributed by atoms with Crippen LogP contribution in [0, 0.1) is 0 Å². The first kappa shape index (κ1) is 7.98. The van der Waals surface area contributed by atoms with Crippen LogP contribution in [0.25, 0.3) is 0 Å². The van der Waals surface area contributed by atoms with Crippen LogP contribution >= 0.6 is 0 Å². The summed E-state index contributed by atoms with van der Waals surface area (Å²) in [6.45, 7) is 5.98. The molecule has 0 bridgehead atoms. The number of hydrogen-bond donors (Lipinski definition) is 1. The monoisotopic (exact) mass is 144 g/mol. The highest BCUT2D eigenvalue weighted by molar-refractivity contribution is 4.65. The van der Waals surface area contributed by atoms with Gasteiger partial charge in [-0.15, -0.1) is 0 Å². The summed E-state index contributed by atoms with van der Waals surface area (Å²) >= 11 is 0. The van der Waals surface area contributed by atoms with Crippen LogP contribution < -0.4 is 5.32 Å². The molecule has 0 saturated carbocycles. The number of morpholine rings is 1. The summed E-state index contributed by atoms with van der Waals surface area (Å²) in [7, 11) is 2.08. The molecule has 1 aliphatic rings. The molecule has 0 aromatic heterocycles. The number of rotatable bonds is 2. The molecule has 0 aromatic rings. The number of likely N-dealkylation sites (N-methyl/N-ethyl adjacent to an activating group) is 1. The fourth-order valence-corrected chi connectivity index (χ4v) is 1.04. The van der Waals surface area contributed by atoms with Gasteiger partial charge in [0.15, 0.2) is 0 Å². The summed E-state index contributed by atoms with van der Waals surface area (Å²) in [4.78, 5) is 2.20. The lowest BCUT2D eigenvalue weighted by Crippen LogP contribution is -2.47. The maximum atomic E-state index is 5.49. The largest absolute Gasteiger partial charge is 0.360 e. The molecule has 1 aliphatic heterocycles. The molecule has 0 aromatic carbocycles. The van der Waals surface area contributed by atoms with E-state index in [4.69, 9.17) is 4.74 Å². The van der Waals surface area contributed by atoms with Crippen LogP contribution in [0.2, 0.25) is 0 Å². The topological polar surface area (TPSA) is 24.5 Å². The van der Waals surface area contributed by atoms with Gasteiger partial charge in [0.2, 0.25) is 0 Å². The van der Waals surface area contributed by atoms with E-state index < -0.39 is 0 Å². The number of hydrogen-bond acceptors (Lipinski definition) is 3. The predicted octanol–water partition coefficient (Wildman–Crippen LogP) is -0.116. The minimum atomic E-state index is 0.291. The highest BCUT2D eigenvalue weighted by Crippen LogP contribution is 1.99. The van der Waals surface area contributed by atoms with Crippen LogP contribution in [0.4, 0.5) is 0 Å². The van der Waals surface area contributed by atoms with Gasteiger partial charge in [-0.2, -0.15) is 0 Å². The molecule has 0 aliphatic carbocycles. The van der Waals surface area contributed by atoms with Gasteiger partial charge in [0.1, 0.15) is 6.23 Å². The highest BCUT2D eigenvalue weighted by atomic mass is 16.5. The molecule has 0 amide bonds. The molecular weight excluding hydrogens is 128 g/mol. The standard InChI is InChI=1S/C7H16N2O/c1-3-9(2)7-6-8-4-5-10-7/h7-8H,3-6H2,1-2H3. The highest BCUT2D eigenvalue weighted by Gasteiger charge is 2.15. The molecule has 3 nitrogen and oxygen atoms in total. The van der Waals surface area contributed by atoms with Gasteiger partial charge in [0.25, 0.3) is 0 Å². The molecule has 0 spiro atoms. The van der Waals surface area contributed by atoms with E-state index in [0.29, 0.717) is 6.23 Å². The quantitative estimate of drug-likeness (QED) is 0.585. The molecule has 1 N–H and O–H groups in total. The lowest BCUT2D eigenvalue weighted by Gasteiger charge is -2.30. The Bertz CT molecular complexity index is 91.6. The molecule has 0 radical (unpaired) electrons. The second kappa shape index (κ2) is 3.91. The lowest BCUT2D eigenvalue weighted by molar-refractivity contribution is -0.0619. The van der Waals surface area contributed by atoms with Crippen LogP contribution in [0.5, 0.6) is 0 Å². The first-order chi connectivity index (χ1) is 4.84. The van der Waals surface area contributed by atoms with Crippen LogP contribution in [0.1, 0.15) is 6.92 Å². The van der Waals surface area contributed by atoms with Gasteiger partial charge in [0, 0.05) is 13.1 Å². The maximum Gasteiger partial charge on any atom is 0.122 e. The Morgan fingerprint density at radius 3 is 3.00 bits per heavy atom. The summed E-state index contributed by atoms with van der Waals surface area (Å²) < 4.78 is 5.49. The molecular formula is C7H16N2O. The first-order valence-electron chi connectivity index (χ1n) is 3.87. The van der Waals surface area contributed by atoms with Gasteiger partial charge in [-0.05, 0) is 13.6 Å².